The monoisotopic (exact) mass is 262 g/mol. The molecular formula is C13H18N4O2. The first-order valence-electron chi connectivity index (χ1n) is 6.23. The molecule has 1 aliphatic rings. The van der Waals surface area contributed by atoms with E-state index in [-0.39, 0.29) is 11.8 Å². The predicted octanol–water partition coefficient (Wildman–Crippen LogP) is 0.108. The van der Waals surface area contributed by atoms with Gasteiger partial charge < -0.3 is 15.1 Å². The van der Waals surface area contributed by atoms with Gasteiger partial charge in [0.1, 0.15) is 11.9 Å². The third kappa shape index (κ3) is 2.67. The molecule has 0 radical (unpaired) electrons. The number of rotatable bonds is 2. The molecule has 2 heterocycles. The Kier molecular flexibility index (Phi) is 3.69. The Bertz CT molecular complexity index is 501. The van der Waals surface area contributed by atoms with E-state index in [1.807, 2.05) is 19.0 Å². The maximum absolute atomic E-state index is 12.4. The van der Waals surface area contributed by atoms with Crippen LogP contribution in [0, 0.1) is 0 Å². The standard InChI is InChI=1S/C13H18N4O2/c1-9-12(18)15-6-7-17(9)13(19)10-4-5-14-11(8-10)16(2)3/h4-5,8-9H,6-7H2,1-3H3,(H,15,18). The van der Waals surface area contributed by atoms with Crippen molar-refractivity contribution < 1.29 is 9.59 Å². The Balaban J connectivity index is 2.23. The van der Waals surface area contributed by atoms with Crippen molar-refractivity contribution in [2.24, 2.45) is 0 Å². The molecular weight excluding hydrogens is 244 g/mol. The van der Waals surface area contributed by atoms with Crippen molar-refractivity contribution in [1.29, 1.82) is 0 Å². The fraction of sp³-hybridized carbons (Fsp3) is 0.462. The summed E-state index contributed by atoms with van der Waals surface area (Å²) < 4.78 is 0. The van der Waals surface area contributed by atoms with Crippen LogP contribution in [-0.2, 0) is 4.79 Å². The van der Waals surface area contributed by atoms with Crippen molar-refractivity contribution in [2.45, 2.75) is 13.0 Å². The molecule has 102 valence electrons. The minimum atomic E-state index is -0.433. The molecule has 1 saturated heterocycles. The summed E-state index contributed by atoms with van der Waals surface area (Å²) in [4.78, 5) is 31.6. The summed E-state index contributed by atoms with van der Waals surface area (Å²) in [6, 6.07) is 2.98. The van der Waals surface area contributed by atoms with E-state index >= 15 is 0 Å². The van der Waals surface area contributed by atoms with Crippen molar-refractivity contribution in [1.82, 2.24) is 15.2 Å². The average molecular weight is 262 g/mol. The van der Waals surface area contributed by atoms with E-state index in [1.165, 1.54) is 0 Å². The van der Waals surface area contributed by atoms with Crippen LogP contribution in [0.2, 0.25) is 0 Å². The number of hydrogen-bond donors (Lipinski definition) is 1. The molecule has 2 amide bonds. The molecule has 1 N–H and O–H groups in total. The second-order valence-corrected chi connectivity index (χ2v) is 4.76. The normalized spacial score (nSPS) is 19.0. The highest BCUT2D eigenvalue weighted by Gasteiger charge is 2.29. The molecule has 1 aromatic rings. The fourth-order valence-corrected chi connectivity index (χ4v) is 2.02. The molecule has 1 aliphatic heterocycles. The minimum Gasteiger partial charge on any atom is -0.363 e. The molecule has 1 aromatic heterocycles. The number of carbonyl (C=O) groups excluding carboxylic acids is 2. The highest BCUT2D eigenvalue weighted by Crippen LogP contribution is 2.14. The lowest BCUT2D eigenvalue weighted by Gasteiger charge is -2.33. The van der Waals surface area contributed by atoms with E-state index in [2.05, 4.69) is 10.3 Å². The van der Waals surface area contributed by atoms with Gasteiger partial charge in [-0.3, -0.25) is 9.59 Å². The van der Waals surface area contributed by atoms with Crippen molar-refractivity contribution >= 4 is 17.6 Å². The van der Waals surface area contributed by atoms with Gasteiger partial charge in [0.2, 0.25) is 5.91 Å². The van der Waals surface area contributed by atoms with Gasteiger partial charge in [-0.2, -0.15) is 0 Å². The number of hydrogen-bond acceptors (Lipinski definition) is 4. The lowest BCUT2D eigenvalue weighted by molar-refractivity contribution is -0.127. The number of aromatic nitrogens is 1. The highest BCUT2D eigenvalue weighted by atomic mass is 16.2. The Morgan fingerprint density at radius 2 is 2.26 bits per heavy atom. The summed E-state index contributed by atoms with van der Waals surface area (Å²) in [5.74, 6) is 0.481. The van der Waals surface area contributed by atoms with Gasteiger partial charge in [0, 0.05) is 38.9 Å². The molecule has 1 fully saturated rings. The third-order valence-electron chi connectivity index (χ3n) is 3.21. The van der Waals surface area contributed by atoms with E-state index < -0.39 is 6.04 Å². The predicted molar refractivity (Wildman–Crippen MR) is 72.1 cm³/mol. The number of nitrogens with one attached hydrogen (secondary N) is 1. The van der Waals surface area contributed by atoms with Crippen LogP contribution in [0.1, 0.15) is 17.3 Å². The molecule has 0 spiro atoms. The van der Waals surface area contributed by atoms with Crippen molar-refractivity contribution in [3.05, 3.63) is 23.9 Å². The molecule has 1 unspecified atom stereocenters. The van der Waals surface area contributed by atoms with Gasteiger partial charge in [-0.15, -0.1) is 0 Å². The van der Waals surface area contributed by atoms with Crippen LogP contribution < -0.4 is 10.2 Å². The van der Waals surface area contributed by atoms with E-state index in [0.717, 1.165) is 5.82 Å². The first kappa shape index (κ1) is 13.3. The van der Waals surface area contributed by atoms with Crippen molar-refractivity contribution in [3.8, 4) is 0 Å². The zero-order valence-corrected chi connectivity index (χ0v) is 11.4. The van der Waals surface area contributed by atoms with Crippen LogP contribution in [0.25, 0.3) is 0 Å². The van der Waals surface area contributed by atoms with Gasteiger partial charge in [0.05, 0.1) is 0 Å². The molecule has 6 heteroatoms. The Hall–Kier alpha value is -2.11. The van der Waals surface area contributed by atoms with Crippen LogP contribution in [0.3, 0.4) is 0 Å². The van der Waals surface area contributed by atoms with Gasteiger partial charge >= 0.3 is 0 Å². The maximum atomic E-state index is 12.4. The van der Waals surface area contributed by atoms with Gasteiger partial charge in [-0.1, -0.05) is 0 Å². The summed E-state index contributed by atoms with van der Waals surface area (Å²) in [6.45, 7) is 2.77. The number of nitrogens with zero attached hydrogens (tertiary/aromatic N) is 3. The van der Waals surface area contributed by atoms with Gasteiger partial charge in [0.25, 0.3) is 5.91 Å². The van der Waals surface area contributed by atoms with Gasteiger partial charge in [-0.05, 0) is 19.1 Å². The lowest BCUT2D eigenvalue weighted by atomic mass is 10.1. The minimum absolute atomic E-state index is 0.110. The number of amides is 2. The molecule has 0 aromatic carbocycles. The topological polar surface area (TPSA) is 65.5 Å². The molecule has 19 heavy (non-hydrogen) atoms. The second kappa shape index (κ2) is 5.26. The Morgan fingerprint density at radius 3 is 2.95 bits per heavy atom. The van der Waals surface area contributed by atoms with Crippen LogP contribution in [0.4, 0.5) is 5.82 Å². The van der Waals surface area contributed by atoms with Crippen molar-refractivity contribution in [3.63, 3.8) is 0 Å². The van der Waals surface area contributed by atoms with Crippen LogP contribution in [0.5, 0.6) is 0 Å². The first-order chi connectivity index (χ1) is 9.00. The summed E-state index contributed by atoms with van der Waals surface area (Å²) in [5, 5.41) is 2.74. The van der Waals surface area contributed by atoms with E-state index in [4.69, 9.17) is 0 Å². The quantitative estimate of drug-likeness (QED) is 0.821. The summed E-state index contributed by atoms with van der Waals surface area (Å²) >= 11 is 0. The van der Waals surface area contributed by atoms with Crippen molar-refractivity contribution in [2.75, 3.05) is 32.1 Å². The number of piperazine rings is 1. The molecule has 6 nitrogen and oxygen atoms in total. The summed E-state index contributed by atoms with van der Waals surface area (Å²) in [5.41, 5.74) is 0.556. The molecule has 0 aliphatic carbocycles. The second-order valence-electron chi connectivity index (χ2n) is 4.76. The zero-order valence-electron chi connectivity index (χ0n) is 11.4. The average Bonchev–Trinajstić information content (AvgIpc) is 2.41. The fourth-order valence-electron chi connectivity index (χ4n) is 2.02. The van der Waals surface area contributed by atoms with Gasteiger partial charge in [-0.25, -0.2) is 4.98 Å². The highest BCUT2D eigenvalue weighted by molar-refractivity contribution is 5.98. The Morgan fingerprint density at radius 1 is 1.53 bits per heavy atom. The first-order valence-corrected chi connectivity index (χ1v) is 6.23. The largest absolute Gasteiger partial charge is 0.363 e. The maximum Gasteiger partial charge on any atom is 0.254 e. The van der Waals surface area contributed by atoms with E-state index in [0.29, 0.717) is 18.7 Å². The van der Waals surface area contributed by atoms with E-state index in [1.54, 1.807) is 30.2 Å². The number of pyridine rings is 1. The lowest BCUT2D eigenvalue weighted by Crippen LogP contribution is -2.55. The van der Waals surface area contributed by atoms with Gasteiger partial charge in [0.15, 0.2) is 0 Å². The number of anilines is 1. The van der Waals surface area contributed by atoms with Crippen LogP contribution in [-0.4, -0.2) is 54.9 Å². The zero-order chi connectivity index (χ0) is 14.0. The molecule has 2 rings (SSSR count). The molecule has 0 saturated carbocycles. The third-order valence-corrected chi connectivity index (χ3v) is 3.21. The van der Waals surface area contributed by atoms with Crippen LogP contribution >= 0.6 is 0 Å². The smallest absolute Gasteiger partial charge is 0.254 e. The molecule has 1 atom stereocenters. The Labute approximate surface area is 112 Å². The van der Waals surface area contributed by atoms with Crippen LogP contribution in [0.15, 0.2) is 18.3 Å². The summed E-state index contributed by atoms with van der Waals surface area (Å²) in [7, 11) is 3.74. The SMILES string of the molecule is CC1C(=O)NCCN1C(=O)c1ccnc(N(C)C)c1. The number of carbonyl (C=O) groups is 2. The molecule has 0 bridgehead atoms. The van der Waals surface area contributed by atoms with E-state index in [9.17, 15) is 9.59 Å². The summed E-state index contributed by atoms with van der Waals surface area (Å²) in [6.07, 6.45) is 1.61.